The van der Waals surface area contributed by atoms with E-state index in [1.165, 1.54) is 24.6 Å². The molecule has 0 saturated heterocycles. The minimum Gasteiger partial charge on any atom is -0.352 e. The molecular weight excluding hydrogens is 256 g/mol. The van der Waals surface area contributed by atoms with E-state index < -0.39 is 0 Å². The molecule has 1 aliphatic rings. The highest BCUT2D eigenvalue weighted by Gasteiger charge is 2.30. The maximum atomic E-state index is 8.68. The summed E-state index contributed by atoms with van der Waals surface area (Å²) in [5, 5.41) is 9.82. The van der Waals surface area contributed by atoms with Crippen LogP contribution in [0.1, 0.15) is 19.3 Å². The molecular formula is C11H13ClN4S. The number of hydrogen-bond donors (Lipinski definition) is 0. The Hall–Kier alpha value is -0.990. The van der Waals surface area contributed by atoms with Crippen molar-refractivity contribution in [2.24, 2.45) is 0 Å². The molecule has 0 atom stereocenters. The van der Waals surface area contributed by atoms with E-state index in [0.29, 0.717) is 29.3 Å². The van der Waals surface area contributed by atoms with E-state index in [1.54, 1.807) is 6.07 Å². The molecule has 6 heteroatoms. The Morgan fingerprint density at radius 3 is 2.94 bits per heavy atom. The maximum Gasteiger partial charge on any atom is 0.190 e. The van der Waals surface area contributed by atoms with Crippen LogP contribution < -0.4 is 4.90 Å². The highest BCUT2D eigenvalue weighted by Crippen LogP contribution is 2.32. The quantitative estimate of drug-likeness (QED) is 0.467. The van der Waals surface area contributed by atoms with Crippen LogP contribution in [0.15, 0.2) is 11.2 Å². The molecule has 0 spiro atoms. The molecule has 1 saturated carbocycles. The summed E-state index contributed by atoms with van der Waals surface area (Å²) in [7, 11) is 0. The van der Waals surface area contributed by atoms with Crippen molar-refractivity contribution in [2.75, 3.05) is 17.7 Å². The molecule has 0 unspecified atom stereocenters. The molecule has 4 nitrogen and oxygen atoms in total. The molecule has 1 heterocycles. The molecule has 0 radical (unpaired) electrons. The van der Waals surface area contributed by atoms with Crippen LogP contribution in [0.4, 0.5) is 5.82 Å². The van der Waals surface area contributed by atoms with Crippen LogP contribution in [0, 0.1) is 11.3 Å². The minimum atomic E-state index is 0.460. The van der Waals surface area contributed by atoms with Crippen molar-refractivity contribution in [2.45, 2.75) is 30.5 Å². The largest absolute Gasteiger partial charge is 0.352 e. The fourth-order valence-corrected chi connectivity index (χ4v) is 2.27. The monoisotopic (exact) mass is 268 g/mol. The Bertz CT molecular complexity index is 442. The van der Waals surface area contributed by atoms with E-state index in [4.69, 9.17) is 16.9 Å². The van der Waals surface area contributed by atoms with Gasteiger partial charge in [-0.05, 0) is 19.1 Å². The molecule has 1 aliphatic carbocycles. The van der Waals surface area contributed by atoms with Gasteiger partial charge in [0, 0.05) is 18.7 Å². The van der Waals surface area contributed by atoms with E-state index in [9.17, 15) is 0 Å². The lowest BCUT2D eigenvalue weighted by atomic mass is 10.3. The van der Waals surface area contributed by atoms with Crippen molar-refractivity contribution in [3.63, 3.8) is 0 Å². The second kappa shape index (κ2) is 5.56. The van der Waals surface area contributed by atoms with E-state index >= 15 is 0 Å². The fourth-order valence-electron chi connectivity index (χ4n) is 1.66. The summed E-state index contributed by atoms with van der Waals surface area (Å²) in [6.45, 7) is 0.711. The second-order valence-corrected chi connectivity index (χ2v) is 5.03. The van der Waals surface area contributed by atoms with Gasteiger partial charge in [0.1, 0.15) is 11.0 Å². The van der Waals surface area contributed by atoms with Gasteiger partial charge < -0.3 is 4.90 Å². The molecule has 0 bridgehead atoms. The minimum absolute atomic E-state index is 0.460. The zero-order valence-electron chi connectivity index (χ0n) is 9.56. The topological polar surface area (TPSA) is 52.8 Å². The van der Waals surface area contributed by atoms with Crippen LogP contribution in [0.3, 0.4) is 0 Å². The zero-order chi connectivity index (χ0) is 12.3. The van der Waals surface area contributed by atoms with E-state index in [-0.39, 0.29) is 0 Å². The summed E-state index contributed by atoms with van der Waals surface area (Å²) in [6, 6.07) is 4.46. The summed E-state index contributed by atoms with van der Waals surface area (Å²) in [5.41, 5.74) is 0. The van der Waals surface area contributed by atoms with Gasteiger partial charge in [0.2, 0.25) is 0 Å². The Balaban J connectivity index is 2.22. The lowest BCUT2D eigenvalue weighted by Gasteiger charge is -2.22. The molecule has 17 heavy (non-hydrogen) atoms. The highest BCUT2D eigenvalue weighted by molar-refractivity contribution is 7.98. The first-order valence-corrected chi connectivity index (χ1v) is 7.07. The van der Waals surface area contributed by atoms with E-state index in [1.807, 2.05) is 6.26 Å². The first-order valence-electron chi connectivity index (χ1n) is 5.46. The Morgan fingerprint density at radius 1 is 1.59 bits per heavy atom. The number of thioether (sulfide) groups is 1. The summed E-state index contributed by atoms with van der Waals surface area (Å²) < 4.78 is 0. The average molecular weight is 269 g/mol. The van der Waals surface area contributed by atoms with Gasteiger partial charge in [-0.1, -0.05) is 23.4 Å². The number of hydrogen-bond acceptors (Lipinski definition) is 5. The van der Waals surface area contributed by atoms with Crippen LogP contribution in [0.2, 0.25) is 5.15 Å². The molecule has 0 aromatic carbocycles. The van der Waals surface area contributed by atoms with Crippen molar-refractivity contribution in [1.82, 2.24) is 9.97 Å². The molecule has 0 aliphatic heterocycles. The molecule has 1 fully saturated rings. The predicted octanol–water partition coefficient (Wildman–Crippen LogP) is 2.73. The maximum absolute atomic E-state index is 8.68. The molecule has 0 N–H and O–H groups in total. The standard InChI is InChI=1S/C11H13ClN4S/c1-17-11-14-9(12)7-10(15-11)16(6-2-5-13)8-3-4-8/h7-8H,2-4,6H2,1H3. The van der Waals surface area contributed by atoms with Crippen LogP contribution in [-0.2, 0) is 0 Å². The van der Waals surface area contributed by atoms with Crippen LogP contribution in [0.25, 0.3) is 0 Å². The predicted molar refractivity (Wildman–Crippen MR) is 69.4 cm³/mol. The number of aromatic nitrogens is 2. The zero-order valence-corrected chi connectivity index (χ0v) is 11.1. The van der Waals surface area contributed by atoms with Gasteiger partial charge in [-0.3, -0.25) is 0 Å². The number of rotatable bonds is 5. The fraction of sp³-hybridized carbons (Fsp3) is 0.545. The van der Waals surface area contributed by atoms with Crippen molar-refractivity contribution in [3.8, 4) is 6.07 Å². The molecule has 1 aromatic rings. The lowest BCUT2D eigenvalue weighted by molar-refractivity contribution is 0.763. The molecule has 90 valence electrons. The molecule has 2 rings (SSSR count). The normalized spacial score (nSPS) is 14.4. The Morgan fingerprint density at radius 2 is 2.35 bits per heavy atom. The molecule has 1 aromatic heterocycles. The number of anilines is 1. The van der Waals surface area contributed by atoms with Crippen LogP contribution >= 0.6 is 23.4 Å². The molecule has 0 amide bonds. The van der Waals surface area contributed by atoms with Crippen molar-refractivity contribution in [1.29, 1.82) is 5.26 Å². The first-order chi connectivity index (χ1) is 8.24. The van der Waals surface area contributed by atoms with Gasteiger partial charge in [-0.2, -0.15) is 5.26 Å². The van der Waals surface area contributed by atoms with Crippen LogP contribution in [-0.4, -0.2) is 28.8 Å². The van der Waals surface area contributed by atoms with Crippen molar-refractivity contribution >= 4 is 29.2 Å². The first kappa shape index (κ1) is 12.5. The van der Waals surface area contributed by atoms with Crippen molar-refractivity contribution in [3.05, 3.63) is 11.2 Å². The summed E-state index contributed by atoms with van der Waals surface area (Å²) in [6.07, 6.45) is 4.77. The third-order valence-electron chi connectivity index (χ3n) is 2.59. The van der Waals surface area contributed by atoms with Gasteiger partial charge in [-0.15, -0.1) is 0 Å². The smallest absolute Gasteiger partial charge is 0.190 e. The number of halogens is 1. The number of nitriles is 1. The van der Waals surface area contributed by atoms with Crippen LogP contribution in [0.5, 0.6) is 0 Å². The van der Waals surface area contributed by atoms with E-state index in [2.05, 4.69) is 20.9 Å². The van der Waals surface area contributed by atoms with Gasteiger partial charge in [-0.25, -0.2) is 9.97 Å². The lowest BCUT2D eigenvalue weighted by Crippen LogP contribution is -2.27. The third-order valence-corrected chi connectivity index (χ3v) is 3.33. The Kier molecular flexibility index (Phi) is 4.08. The third kappa shape index (κ3) is 3.24. The van der Waals surface area contributed by atoms with Gasteiger partial charge in [0.05, 0.1) is 12.5 Å². The Labute approximate surface area is 110 Å². The van der Waals surface area contributed by atoms with Gasteiger partial charge in [0.15, 0.2) is 5.16 Å². The average Bonchev–Trinajstić information content (AvgIpc) is 3.13. The highest BCUT2D eigenvalue weighted by atomic mass is 35.5. The van der Waals surface area contributed by atoms with Gasteiger partial charge in [0.25, 0.3) is 0 Å². The van der Waals surface area contributed by atoms with Crippen molar-refractivity contribution < 1.29 is 0 Å². The van der Waals surface area contributed by atoms with E-state index in [0.717, 1.165) is 5.82 Å². The summed E-state index contributed by atoms with van der Waals surface area (Å²) in [5.74, 6) is 0.840. The SMILES string of the molecule is CSc1nc(Cl)cc(N(CCC#N)C2CC2)n1. The number of nitrogens with zero attached hydrogens (tertiary/aromatic N) is 4. The second-order valence-electron chi connectivity index (χ2n) is 3.87. The summed E-state index contributed by atoms with van der Waals surface area (Å²) in [4.78, 5) is 10.7. The van der Waals surface area contributed by atoms with Gasteiger partial charge >= 0.3 is 0 Å². The summed E-state index contributed by atoms with van der Waals surface area (Å²) >= 11 is 7.45.